The first-order chi connectivity index (χ1) is 15.0. The summed E-state index contributed by atoms with van der Waals surface area (Å²) >= 11 is 0. The van der Waals surface area contributed by atoms with Crippen molar-refractivity contribution < 1.29 is 28.1 Å². The van der Waals surface area contributed by atoms with E-state index in [-0.39, 0.29) is 18.0 Å². The van der Waals surface area contributed by atoms with Crippen LogP contribution in [0.2, 0.25) is 0 Å². The Morgan fingerprint density at radius 3 is 2.52 bits per heavy atom. The summed E-state index contributed by atoms with van der Waals surface area (Å²) in [7, 11) is 4.48. The highest BCUT2D eigenvalue weighted by Crippen LogP contribution is 2.49. The predicted octanol–water partition coefficient (Wildman–Crippen LogP) is 2.96. The van der Waals surface area contributed by atoms with E-state index in [0.717, 1.165) is 37.3 Å². The number of hydrogen-bond acceptors (Lipinski definition) is 7. The van der Waals surface area contributed by atoms with Crippen LogP contribution in [0.15, 0.2) is 24.3 Å². The number of ketones is 1. The Kier molecular flexibility index (Phi) is 6.29. The van der Waals surface area contributed by atoms with Crippen molar-refractivity contribution in [3.8, 4) is 23.0 Å². The number of halogens is 1. The van der Waals surface area contributed by atoms with Gasteiger partial charge in [-0.25, -0.2) is 4.39 Å². The van der Waals surface area contributed by atoms with Crippen molar-refractivity contribution >= 4 is 5.78 Å². The van der Waals surface area contributed by atoms with E-state index in [2.05, 4.69) is 10.2 Å². The summed E-state index contributed by atoms with van der Waals surface area (Å²) in [6.45, 7) is 4.18. The number of benzene rings is 2. The number of nitrogens with zero attached hydrogens (tertiary/aromatic N) is 1. The highest BCUT2D eigenvalue weighted by Gasteiger charge is 2.35. The zero-order valence-electron chi connectivity index (χ0n) is 18.0. The molecule has 31 heavy (non-hydrogen) atoms. The van der Waals surface area contributed by atoms with Crippen molar-refractivity contribution in [2.45, 2.75) is 19.1 Å². The highest BCUT2D eigenvalue weighted by atomic mass is 19.1. The molecule has 0 bridgehead atoms. The molecule has 1 unspecified atom stereocenters. The van der Waals surface area contributed by atoms with Gasteiger partial charge in [-0.3, -0.25) is 9.69 Å². The Labute approximate surface area is 181 Å². The third-order valence-electron chi connectivity index (χ3n) is 5.77. The first kappa shape index (κ1) is 21.4. The predicted molar refractivity (Wildman–Crippen MR) is 113 cm³/mol. The highest BCUT2D eigenvalue weighted by molar-refractivity contribution is 6.04. The number of piperazine rings is 1. The molecular formula is C23H27FN2O5. The van der Waals surface area contributed by atoms with E-state index in [4.69, 9.17) is 18.9 Å². The van der Waals surface area contributed by atoms with Crippen LogP contribution in [-0.2, 0) is 6.54 Å². The molecule has 7 nitrogen and oxygen atoms in total. The quantitative estimate of drug-likeness (QED) is 0.756. The molecule has 4 rings (SSSR count). The lowest BCUT2D eigenvalue weighted by atomic mass is 9.92. The molecule has 2 heterocycles. The summed E-state index contributed by atoms with van der Waals surface area (Å²) in [6, 6.07) is 6.30. The Morgan fingerprint density at radius 2 is 1.84 bits per heavy atom. The molecule has 0 aromatic heterocycles. The molecule has 1 N–H and O–H groups in total. The van der Waals surface area contributed by atoms with Crippen molar-refractivity contribution in [3.05, 3.63) is 46.8 Å². The summed E-state index contributed by atoms with van der Waals surface area (Å²) < 4.78 is 36.6. The van der Waals surface area contributed by atoms with E-state index in [0.29, 0.717) is 35.1 Å². The van der Waals surface area contributed by atoms with Gasteiger partial charge < -0.3 is 24.3 Å². The molecule has 1 saturated heterocycles. The average Bonchev–Trinajstić information content (AvgIpc) is 2.78. The molecular weight excluding hydrogens is 403 g/mol. The molecule has 2 aliphatic rings. The standard InChI is InChI=1S/C23H27FN2O5/c1-28-20-12-19-21(23(30-3)22(20)29-2)17(27)11-18(31-19)16-5-4-15(24)10-14(16)13-26-8-6-25-7-9-26/h4-5,10,12,18,25H,6-9,11,13H2,1-3H3. The zero-order valence-corrected chi connectivity index (χ0v) is 18.0. The number of hydrogen-bond donors (Lipinski definition) is 1. The lowest BCUT2D eigenvalue weighted by molar-refractivity contribution is 0.0840. The molecule has 166 valence electrons. The number of carbonyl (C=O) groups is 1. The first-order valence-corrected chi connectivity index (χ1v) is 10.3. The van der Waals surface area contributed by atoms with E-state index in [9.17, 15) is 9.18 Å². The van der Waals surface area contributed by atoms with E-state index >= 15 is 0 Å². The molecule has 1 atom stereocenters. The van der Waals surface area contributed by atoms with Gasteiger partial charge in [0.15, 0.2) is 17.3 Å². The van der Waals surface area contributed by atoms with Crippen LogP contribution in [0.25, 0.3) is 0 Å². The molecule has 8 heteroatoms. The second kappa shape index (κ2) is 9.11. The monoisotopic (exact) mass is 430 g/mol. The second-order valence-electron chi connectivity index (χ2n) is 7.62. The van der Waals surface area contributed by atoms with Gasteiger partial charge in [-0.1, -0.05) is 6.07 Å². The van der Waals surface area contributed by atoms with Gasteiger partial charge in [0.1, 0.15) is 23.2 Å². The van der Waals surface area contributed by atoms with Crippen LogP contribution in [-0.4, -0.2) is 58.2 Å². The average molecular weight is 430 g/mol. The van der Waals surface area contributed by atoms with E-state index in [1.807, 2.05) is 0 Å². The molecule has 0 aliphatic carbocycles. The number of nitrogens with one attached hydrogen (secondary N) is 1. The van der Waals surface area contributed by atoms with Gasteiger partial charge in [-0.05, 0) is 23.3 Å². The largest absolute Gasteiger partial charge is 0.493 e. The second-order valence-corrected chi connectivity index (χ2v) is 7.62. The third-order valence-corrected chi connectivity index (χ3v) is 5.77. The van der Waals surface area contributed by atoms with Gasteiger partial charge in [0.05, 0.1) is 27.8 Å². The first-order valence-electron chi connectivity index (χ1n) is 10.3. The number of methoxy groups -OCH3 is 3. The van der Waals surface area contributed by atoms with Gasteiger partial charge in [-0.15, -0.1) is 0 Å². The maximum atomic E-state index is 14.1. The molecule has 0 saturated carbocycles. The van der Waals surface area contributed by atoms with Gasteiger partial charge in [0.2, 0.25) is 5.75 Å². The maximum Gasteiger partial charge on any atom is 0.204 e. The summed E-state index contributed by atoms with van der Waals surface area (Å²) in [5.41, 5.74) is 1.98. The molecule has 2 aliphatic heterocycles. The minimum absolute atomic E-state index is 0.124. The van der Waals surface area contributed by atoms with Crippen LogP contribution in [0, 0.1) is 5.82 Å². The smallest absolute Gasteiger partial charge is 0.204 e. The van der Waals surface area contributed by atoms with Gasteiger partial charge >= 0.3 is 0 Å². The fraction of sp³-hybridized carbons (Fsp3) is 0.435. The number of rotatable bonds is 6. The van der Waals surface area contributed by atoms with E-state index < -0.39 is 6.10 Å². The molecule has 0 spiro atoms. The summed E-state index contributed by atoms with van der Waals surface area (Å²) in [5.74, 6) is 0.992. The molecule has 0 amide bonds. The van der Waals surface area contributed by atoms with E-state index in [1.165, 1.54) is 33.5 Å². The van der Waals surface area contributed by atoms with Crippen LogP contribution in [0.1, 0.15) is 34.0 Å². The van der Waals surface area contributed by atoms with Crippen molar-refractivity contribution in [3.63, 3.8) is 0 Å². The zero-order chi connectivity index (χ0) is 22.0. The minimum atomic E-state index is -0.527. The van der Waals surface area contributed by atoms with Gasteiger partial charge in [0, 0.05) is 38.8 Å². The van der Waals surface area contributed by atoms with Gasteiger partial charge in [0.25, 0.3) is 0 Å². The number of ether oxygens (including phenoxy) is 4. The number of fused-ring (bicyclic) bond motifs is 1. The lowest BCUT2D eigenvalue weighted by Crippen LogP contribution is -2.43. The van der Waals surface area contributed by atoms with Crippen molar-refractivity contribution in [1.29, 1.82) is 0 Å². The minimum Gasteiger partial charge on any atom is -0.493 e. The summed E-state index contributed by atoms with van der Waals surface area (Å²) in [5, 5.41) is 3.32. The van der Waals surface area contributed by atoms with Crippen LogP contribution in [0.4, 0.5) is 4.39 Å². The van der Waals surface area contributed by atoms with E-state index in [1.54, 1.807) is 12.1 Å². The lowest BCUT2D eigenvalue weighted by Gasteiger charge is -2.31. The molecule has 2 aromatic carbocycles. The van der Waals surface area contributed by atoms with Crippen LogP contribution >= 0.6 is 0 Å². The third kappa shape index (κ3) is 4.18. The molecule has 1 fully saturated rings. The van der Waals surface area contributed by atoms with Crippen molar-refractivity contribution in [1.82, 2.24) is 10.2 Å². The van der Waals surface area contributed by atoms with Crippen LogP contribution < -0.4 is 24.3 Å². The Balaban J connectivity index is 1.70. The fourth-order valence-corrected chi connectivity index (χ4v) is 4.27. The fourth-order valence-electron chi connectivity index (χ4n) is 4.27. The Hall–Kier alpha value is -2.84. The Morgan fingerprint density at radius 1 is 1.10 bits per heavy atom. The SMILES string of the molecule is COc1cc2c(c(OC)c1OC)C(=O)CC(c1ccc(F)cc1CN1CCNCC1)O2. The molecule has 2 aromatic rings. The Bertz CT molecular complexity index is 975. The topological polar surface area (TPSA) is 69.3 Å². The van der Waals surface area contributed by atoms with Crippen LogP contribution in [0.3, 0.4) is 0 Å². The van der Waals surface area contributed by atoms with Crippen molar-refractivity contribution in [2.24, 2.45) is 0 Å². The van der Waals surface area contributed by atoms with Crippen molar-refractivity contribution in [2.75, 3.05) is 47.5 Å². The summed E-state index contributed by atoms with van der Waals surface area (Å²) in [6.07, 6.45) is -0.403. The summed E-state index contributed by atoms with van der Waals surface area (Å²) in [4.78, 5) is 15.4. The number of carbonyl (C=O) groups excluding carboxylic acids is 1. The molecule has 0 radical (unpaired) electrons. The maximum absolute atomic E-state index is 14.1. The van der Waals surface area contributed by atoms with Crippen LogP contribution in [0.5, 0.6) is 23.0 Å². The normalized spacial score (nSPS) is 18.8. The number of Topliss-reactive ketones (excluding diaryl/α,β-unsaturated/α-hetero) is 1. The van der Waals surface area contributed by atoms with Gasteiger partial charge in [-0.2, -0.15) is 0 Å².